The third-order valence-electron chi connectivity index (χ3n) is 3.68. The summed E-state index contributed by atoms with van der Waals surface area (Å²) in [6.45, 7) is 13.2. The summed E-state index contributed by atoms with van der Waals surface area (Å²) in [7, 11) is 1.79. The van der Waals surface area contributed by atoms with Crippen LogP contribution in [0.25, 0.3) is 0 Å². The number of ether oxygens (including phenoxy) is 1. The molecule has 0 radical (unpaired) electrons. The Hall–Kier alpha value is -0.120. The van der Waals surface area contributed by atoms with E-state index in [4.69, 9.17) is 4.74 Å². The van der Waals surface area contributed by atoms with E-state index in [1.807, 2.05) is 0 Å². The molecule has 0 aliphatic heterocycles. The van der Waals surface area contributed by atoms with Crippen LogP contribution in [-0.4, -0.2) is 50.3 Å². The van der Waals surface area contributed by atoms with E-state index in [0.717, 1.165) is 26.2 Å². The van der Waals surface area contributed by atoms with Crippen LogP contribution in [0.15, 0.2) is 0 Å². The van der Waals surface area contributed by atoms with Crippen LogP contribution in [0.2, 0.25) is 0 Å². The first-order valence-electron chi connectivity index (χ1n) is 7.66. The summed E-state index contributed by atoms with van der Waals surface area (Å²) in [6.07, 6.45) is 4.98. The van der Waals surface area contributed by atoms with Crippen molar-refractivity contribution < 1.29 is 4.74 Å². The van der Waals surface area contributed by atoms with Gasteiger partial charge in [0, 0.05) is 32.3 Å². The fraction of sp³-hybridized carbons (Fsp3) is 1.00. The van der Waals surface area contributed by atoms with Crippen LogP contribution >= 0.6 is 0 Å². The van der Waals surface area contributed by atoms with Crippen molar-refractivity contribution >= 4 is 0 Å². The monoisotopic (exact) mass is 258 g/mol. The molecule has 0 aromatic carbocycles. The van der Waals surface area contributed by atoms with E-state index in [2.05, 4.69) is 37.9 Å². The van der Waals surface area contributed by atoms with E-state index in [9.17, 15) is 0 Å². The van der Waals surface area contributed by atoms with Gasteiger partial charge in [-0.3, -0.25) is 4.90 Å². The molecule has 0 rings (SSSR count). The van der Waals surface area contributed by atoms with Gasteiger partial charge in [0.2, 0.25) is 0 Å². The Morgan fingerprint density at radius 2 is 1.83 bits per heavy atom. The van der Waals surface area contributed by atoms with E-state index in [1.54, 1.807) is 7.11 Å². The second kappa shape index (κ2) is 11.9. The molecule has 0 spiro atoms. The first-order valence-corrected chi connectivity index (χ1v) is 7.66. The van der Waals surface area contributed by atoms with E-state index >= 15 is 0 Å². The van der Waals surface area contributed by atoms with E-state index in [0.29, 0.717) is 12.1 Å². The largest absolute Gasteiger partial charge is 0.383 e. The second-order valence-corrected chi connectivity index (χ2v) is 5.11. The Balaban J connectivity index is 4.16. The number of hydrogen-bond donors (Lipinski definition) is 1. The Labute approximate surface area is 114 Å². The van der Waals surface area contributed by atoms with E-state index in [-0.39, 0.29) is 0 Å². The molecule has 3 heteroatoms. The Morgan fingerprint density at radius 3 is 2.33 bits per heavy atom. The smallest absolute Gasteiger partial charge is 0.0589 e. The summed E-state index contributed by atoms with van der Waals surface area (Å²) in [6, 6.07) is 1.27. The van der Waals surface area contributed by atoms with E-state index in [1.165, 1.54) is 25.7 Å². The van der Waals surface area contributed by atoms with Gasteiger partial charge in [0.1, 0.15) is 0 Å². The van der Waals surface area contributed by atoms with Gasteiger partial charge in [-0.25, -0.2) is 0 Å². The molecule has 0 saturated carbocycles. The normalized spacial score (nSPS) is 13.5. The van der Waals surface area contributed by atoms with Crippen LogP contribution in [0.1, 0.15) is 53.4 Å². The highest BCUT2D eigenvalue weighted by Crippen LogP contribution is 2.12. The summed E-state index contributed by atoms with van der Waals surface area (Å²) < 4.78 is 5.24. The zero-order valence-electron chi connectivity index (χ0n) is 13.2. The fourth-order valence-corrected chi connectivity index (χ4v) is 2.45. The molecule has 110 valence electrons. The lowest BCUT2D eigenvalue weighted by atomic mass is 10.1. The van der Waals surface area contributed by atoms with Crippen LogP contribution in [0.3, 0.4) is 0 Å². The van der Waals surface area contributed by atoms with Crippen molar-refractivity contribution in [2.24, 2.45) is 0 Å². The van der Waals surface area contributed by atoms with Crippen molar-refractivity contribution in [3.63, 3.8) is 0 Å². The first-order chi connectivity index (χ1) is 8.71. The van der Waals surface area contributed by atoms with Gasteiger partial charge in [0.15, 0.2) is 0 Å². The zero-order chi connectivity index (χ0) is 13.8. The van der Waals surface area contributed by atoms with Gasteiger partial charge in [-0.2, -0.15) is 0 Å². The molecule has 18 heavy (non-hydrogen) atoms. The molecule has 1 atom stereocenters. The molecule has 3 nitrogen and oxygen atoms in total. The highest BCUT2D eigenvalue weighted by molar-refractivity contribution is 4.76. The molecule has 0 bridgehead atoms. The van der Waals surface area contributed by atoms with Crippen LogP contribution < -0.4 is 5.32 Å². The highest BCUT2D eigenvalue weighted by atomic mass is 16.5. The third kappa shape index (κ3) is 7.34. The lowest BCUT2D eigenvalue weighted by Gasteiger charge is -2.35. The van der Waals surface area contributed by atoms with Gasteiger partial charge in [0.25, 0.3) is 0 Å². The van der Waals surface area contributed by atoms with Gasteiger partial charge in [-0.1, -0.05) is 27.2 Å². The van der Waals surface area contributed by atoms with Crippen molar-refractivity contribution in [2.45, 2.75) is 65.5 Å². The maximum Gasteiger partial charge on any atom is 0.0589 e. The lowest BCUT2D eigenvalue weighted by molar-refractivity contribution is 0.0852. The molecule has 0 saturated heterocycles. The van der Waals surface area contributed by atoms with Gasteiger partial charge < -0.3 is 10.1 Å². The van der Waals surface area contributed by atoms with Crippen LogP contribution in [0, 0.1) is 0 Å². The number of hydrogen-bond acceptors (Lipinski definition) is 3. The summed E-state index contributed by atoms with van der Waals surface area (Å²) in [5.74, 6) is 0. The highest BCUT2D eigenvalue weighted by Gasteiger charge is 2.20. The number of rotatable bonds is 12. The van der Waals surface area contributed by atoms with Crippen molar-refractivity contribution in [1.29, 1.82) is 0 Å². The second-order valence-electron chi connectivity index (χ2n) is 5.11. The van der Waals surface area contributed by atoms with Gasteiger partial charge in [-0.15, -0.1) is 0 Å². The molecule has 0 fully saturated rings. The molecular formula is C15H34N2O. The molecule has 1 N–H and O–H groups in total. The van der Waals surface area contributed by atoms with Crippen molar-refractivity contribution in [3.8, 4) is 0 Å². The van der Waals surface area contributed by atoms with Gasteiger partial charge in [0.05, 0.1) is 6.61 Å². The minimum atomic E-state index is 0.585. The average molecular weight is 258 g/mol. The Kier molecular flexibility index (Phi) is 11.9. The third-order valence-corrected chi connectivity index (χ3v) is 3.68. The number of unbranched alkanes of at least 4 members (excludes halogenated alkanes) is 1. The minimum absolute atomic E-state index is 0.585. The van der Waals surface area contributed by atoms with Crippen LogP contribution in [0.5, 0.6) is 0 Å². The molecule has 0 heterocycles. The molecule has 0 aliphatic carbocycles. The number of nitrogens with zero attached hydrogens (tertiary/aromatic N) is 1. The quantitative estimate of drug-likeness (QED) is 0.545. The fourth-order valence-electron chi connectivity index (χ4n) is 2.45. The predicted molar refractivity (Wildman–Crippen MR) is 80.2 cm³/mol. The molecule has 0 aromatic heterocycles. The topological polar surface area (TPSA) is 24.5 Å². The molecule has 0 amide bonds. The number of methoxy groups -OCH3 is 1. The first kappa shape index (κ1) is 17.9. The molecule has 0 aliphatic rings. The van der Waals surface area contributed by atoms with Crippen molar-refractivity contribution in [2.75, 3.05) is 33.4 Å². The maximum atomic E-state index is 5.24. The van der Waals surface area contributed by atoms with Gasteiger partial charge in [-0.05, 0) is 32.7 Å². The Bertz CT molecular complexity index is 172. The molecule has 0 aromatic rings. The van der Waals surface area contributed by atoms with Crippen molar-refractivity contribution in [3.05, 3.63) is 0 Å². The average Bonchev–Trinajstić information content (AvgIpc) is 2.39. The lowest BCUT2D eigenvalue weighted by Crippen LogP contribution is -2.47. The SMILES string of the molecule is CCCCNCC(C)N(CCOC)C(CC)CC. The number of nitrogens with one attached hydrogen (secondary N) is 1. The molecular weight excluding hydrogens is 224 g/mol. The predicted octanol–water partition coefficient (Wildman–Crippen LogP) is 2.90. The van der Waals surface area contributed by atoms with Gasteiger partial charge >= 0.3 is 0 Å². The van der Waals surface area contributed by atoms with Crippen LogP contribution in [0.4, 0.5) is 0 Å². The molecule has 1 unspecified atom stereocenters. The Morgan fingerprint density at radius 1 is 1.17 bits per heavy atom. The zero-order valence-corrected chi connectivity index (χ0v) is 13.2. The van der Waals surface area contributed by atoms with Crippen molar-refractivity contribution in [1.82, 2.24) is 10.2 Å². The standard InChI is InChI=1S/C15H34N2O/c1-6-9-10-16-13-14(4)17(11-12-18-5)15(7-2)8-3/h14-16H,6-13H2,1-5H3. The summed E-state index contributed by atoms with van der Waals surface area (Å²) in [4.78, 5) is 2.60. The summed E-state index contributed by atoms with van der Waals surface area (Å²) >= 11 is 0. The summed E-state index contributed by atoms with van der Waals surface area (Å²) in [5.41, 5.74) is 0. The maximum absolute atomic E-state index is 5.24. The van der Waals surface area contributed by atoms with E-state index < -0.39 is 0 Å². The van der Waals surface area contributed by atoms with Crippen LogP contribution in [-0.2, 0) is 4.74 Å². The summed E-state index contributed by atoms with van der Waals surface area (Å²) in [5, 5.41) is 3.56. The minimum Gasteiger partial charge on any atom is -0.383 e.